The number of rotatable bonds is 5. The fourth-order valence-corrected chi connectivity index (χ4v) is 3.81. The van der Waals surface area contributed by atoms with Crippen molar-refractivity contribution in [2.75, 3.05) is 34.1 Å². The minimum absolute atomic E-state index is 0.123. The predicted molar refractivity (Wildman–Crippen MR) is 99.8 cm³/mol. The van der Waals surface area contributed by atoms with Crippen LogP contribution >= 0.6 is 0 Å². The van der Waals surface area contributed by atoms with E-state index in [0.717, 1.165) is 41.3 Å². The van der Waals surface area contributed by atoms with Crippen molar-refractivity contribution in [2.24, 2.45) is 0 Å². The van der Waals surface area contributed by atoms with Gasteiger partial charge in [0.05, 0.1) is 20.6 Å². The van der Waals surface area contributed by atoms with Gasteiger partial charge in [0.1, 0.15) is 0 Å². The van der Waals surface area contributed by atoms with Crippen molar-refractivity contribution in [3.8, 4) is 23.0 Å². The Morgan fingerprint density at radius 3 is 2.81 bits per heavy atom. The molecule has 1 saturated heterocycles. The lowest BCUT2D eigenvalue weighted by atomic mass is 9.97. The first-order valence-electron chi connectivity index (χ1n) is 9.06. The molecule has 0 radical (unpaired) electrons. The molecule has 2 aromatic carbocycles. The van der Waals surface area contributed by atoms with Crippen LogP contribution in [-0.2, 0) is 11.2 Å². The molecule has 1 amide bonds. The smallest absolute Gasteiger partial charge is 0.231 e. The molecule has 6 heteroatoms. The quantitative estimate of drug-likeness (QED) is 0.811. The Kier molecular flexibility index (Phi) is 4.79. The lowest BCUT2D eigenvalue weighted by molar-refractivity contribution is -0.129. The second kappa shape index (κ2) is 7.39. The van der Waals surface area contributed by atoms with Gasteiger partial charge in [-0.15, -0.1) is 0 Å². The Hall–Kier alpha value is -2.89. The first-order valence-corrected chi connectivity index (χ1v) is 9.06. The van der Waals surface area contributed by atoms with Crippen LogP contribution in [0.25, 0.3) is 0 Å². The van der Waals surface area contributed by atoms with Crippen LogP contribution in [0.15, 0.2) is 36.4 Å². The summed E-state index contributed by atoms with van der Waals surface area (Å²) < 4.78 is 21.7. The van der Waals surface area contributed by atoms with E-state index in [0.29, 0.717) is 18.7 Å². The fourth-order valence-electron chi connectivity index (χ4n) is 3.81. The number of benzene rings is 2. The molecule has 6 nitrogen and oxygen atoms in total. The lowest BCUT2D eigenvalue weighted by Gasteiger charge is -2.19. The summed E-state index contributed by atoms with van der Waals surface area (Å²) in [6, 6.07) is 11.6. The zero-order chi connectivity index (χ0) is 18.8. The summed E-state index contributed by atoms with van der Waals surface area (Å²) in [5.74, 6) is 3.29. The third-order valence-electron chi connectivity index (χ3n) is 5.21. The van der Waals surface area contributed by atoms with E-state index in [1.807, 2.05) is 35.2 Å². The van der Waals surface area contributed by atoms with Crippen LogP contribution in [0.3, 0.4) is 0 Å². The maximum atomic E-state index is 12.8. The predicted octanol–water partition coefficient (Wildman–Crippen LogP) is 2.99. The second-order valence-corrected chi connectivity index (χ2v) is 6.77. The molecule has 4 rings (SSSR count). The minimum Gasteiger partial charge on any atom is -0.493 e. The molecule has 0 unspecified atom stereocenters. The van der Waals surface area contributed by atoms with Gasteiger partial charge in [-0.2, -0.15) is 0 Å². The maximum absolute atomic E-state index is 12.8. The normalized spacial score (nSPS) is 17.9. The number of likely N-dealkylation sites (tertiary alicyclic amines) is 1. The van der Waals surface area contributed by atoms with Crippen molar-refractivity contribution in [3.63, 3.8) is 0 Å². The third kappa shape index (κ3) is 3.39. The second-order valence-electron chi connectivity index (χ2n) is 6.77. The molecule has 1 atom stereocenters. The number of methoxy groups -OCH3 is 2. The molecular weight excluding hydrogens is 346 g/mol. The van der Waals surface area contributed by atoms with Gasteiger partial charge >= 0.3 is 0 Å². The van der Waals surface area contributed by atoms with Crippen LogP contribution in [0.4, 0.5) is 0 Å². The van der Waals surface area contributed by atoms with Crippen molar-refractivity contribution in [3.05, 3.63) is 47.5 Å². The van der Waals surface area contributed by atoms with E-state index in [2.05, 4.69) is 6.07 Å². The number of fused-ring (bicyclic) bond motifs is 1. The van der Waals surface area contributed by atoms with Gasteiger partial charge in [-0.25, -0.2) is 0 Å². The summed E-state index contributed by atoms with van der Waals surface area (Å²) in [6.07, 6.45) is 1.27. The highest BCUT2D eigenvalue weighted by atomic mass is 16.7. The van der Waals surface area contributed by atoms with E-state index < -0.39 is 0 Å². The third-order valence-corrected chi connectivity index (χ3v) is 5.21. The first kappa shape index (κ1) is 17.5. The fraction of sp³-hybridized carbons (Fsp3) is 0.381. The van der Waals surface area contributed by atoms with Gasteiger partial charge in [0.2, 0.25) is 12.7 Å². The summed E-state index contributed by atoms with van der Waals surface area (Å²) in [5.41, 5.74) is 2.03. The van der Waals surface area contributed by atoms with E-state index in [1.54, 1.807) is 14.2 Å². The van der Waals surface area contributed by atoms with Crippen LogP contribution in [0.5, 0.6) is 23.0 Å². The summed E-state index contributed by atoms with van der Waals surface area (Å²) in [6.45, 7) is 1.67. The van der Waals surface area contributed by atoms with Crippen LogP contribution in [-0.4, -0.2) is 44.9 Å². The van der Waals surface area contributed by atoms with E-state index in [-0.39, 0.29) is 18.6 Å². The van der Waals surface area contributed by atoms with Crippen LogP contribution < -0.4 is 18.9 Å². The molecule has 2 aliphatic rings. The van der Waals surface area contributed by atoms with Crippen molar-refractivity contribution in [2.45, 2.75) is 18.8 Å². The number of hydrogen-bond acceptors (Lipinski definition) is 5. The average Bonchev–Trinajstić information content (AvgIpc) is 3.36. The Balaban J connectivity index is 1.44. The Labute approximate surface area is 158 Å². The molecule has 0 bridgehead atoms. The number of nitrogens with zero attached hydrogens (tertiary/aromatic N) is 1. The number of ether oxygens (including phenoxy) is 4. The van der Waals surface area contributed by atoms with Gasteiger partial charge < -0.3 is 23.8 Å². The first-order chi connectivity index (χ1) is 13.2. The van der Waals surface area contributed by atoms with Crippen molar-refractivity contribution in [1.82, 2.24) is 4.90 Å². The molecule has 1 fully saturated rings. The largest absolute Gasteiger partial charge is 0.493 e. The molecule has 0 aromatic heterocycles. The molecule has 142 valence electrons. The van der Waals surface area contributed by atoms with E-state index in [1.165, 1.54) is 0 Å². The molecule has 2 heterocycles. The molecule has 2 aromatic rings. The van der Waals surface area contributed by atoms with E-state index in [9.17, 15) is 4.79 Å². The van der Waals surface area contributed by atoms with E-state index >= 15 is 0 Å². The highest BCUT2D eigenvalue weighted by molar-refractivity contribution is 5.79. The van der Waals surface area contributed by atoms with Gasteiger partial charge in [-0.3, -0.25) is 4.79 Å². The Bertz CT molecular complexity index is 850. The highest BCUT2D eigenvalue weighted by Gasteiger charge is 2.30. The van der Waals surface area contributed by atoms with Crippen LogP contribution in [0.2, 0.25) is 0 Å². The minimum atomic E-state index is 0.123. The molecule has 0 saturated carbocycles. The Morgan fingerprint density at radius 2 is 2.00 bits per heavy atom. The molecule has 0 spiro atoms. The van der Waals surface area contributed by atoms with Gasteiger partial charge in [0, 0.05) is 24.6 Å². The van der Waals surface area contributed by atoms with Crippen molar-refractivity contribution in [1.29, 1.82) is 0 Å². The van der Waals surface area contributed by atoms with Crippen molar-refractivity contribution >= 4 is 5.91 Å². The molecule has 27 heavy (non-hydrogen) atoms. The van der Waals surface area contributed by atoms with Crippen LogP contribution in [0.1, 0.15) is 23.5 Å². The molecular formula is C21H23NO5. The molecule has 0 N–H and O–H groups in total. The topological polar surface area (TPSA) is 57.2 Å². The zero-order valence-electron chi connectivity index (χ0n) is 15.6. The number of carbonyl (C=O) groups excluding carboxylic acids is 1. The van der Waals surface area contributed by atoms with Gasteiger partial charge in [0.25, 0.3) is 0 Å². The SMILES string of the molecule is COc1cccc([C@@H]2CCN(C(=O)Cc3ccc4c(c3)OCO4)C2)c1OC. The molecule has 0 aliphatic carbocycles. The van der Waals surface area contributed by atoms with Gasteiger partial charge in [0.15, 0.2) is 23.0 Å². The summed E-state index contributed by atoms with van der Waals surface area (Å²) >= 11 is 0. The zero-order valence-corrected chi connectivity index (χ0v) is 15.6. The van der Waals surface area contributed by atoms with Crippen molar-refractivity contribution < 1.29 is 23.7 Å². The monoisotopic (exact) mass is 369 g/mol. The van der Waals surface area contributed by atoms with E-state index in [4.69, 9.17) is 18.9 Å². The maximum Gasteiger partial charge on any atom is 0.231 e. The lowest BCUT2D eigenvalue weighted by Crippen LogP contribution is -2.29. The number of carbonyl (C=O) groups is 1. The molecule has 2 aliphatic heterocycles. The van der Waals surface area contributed by atoms with Gasteiger partial charge in [-0.05, 0) is 30.2 Å². The Morgan fingerprint density at radius 1 is 1.15 bits per heavy atom. The van der Waals surface area contributed by atoms with Crippen LogP contribution in [0, 0.1) is 0 Å². The number of amides is 1. The summed E-state index contributed by atoms with van der Waals surface area (Å²) in [4.78, 5) is 14.7. The highest BCUT2D eigenvalue weighted by Crippen LogP contribution is 2.39. The number of para-hydroxylation sites is 1. The standard InChI is InChI=1S/C21H23NO5/c1-24-18-5-3-4-16(21(18)25-2)15-8-9-22(12-15)20(23)11-14-6-7-17-19(10-14)27-13-26-17/h3-7,10,15H,8-9,11-13H2,1-2H3/t15-/m1/s1. The summed E-state index contributed by atoms with van der Waals surface area (Å²) in [7, 11) is 3.29. The number of hydrogen-bond donors (Lipinski definition) is 0. The van der Waals surface area contributed by atoms with Gasteiger partial charge in [-0.1, -0.05) is 18.2 Å². The summed E-state index contributed by atoms with van der Waals surface area (Å²) in [5, 5.41) is 0. The average molecular weight is 369 g/mol.